The molecule has 14 heavy (non-hydrogen) atoms. The Bertz CT molecular complexity index is 290. The highest BCUT2D eigenvalue weighted by molar-refractivity contribution is 5.47. The summed E-state index contributed by atoms with van der Waals surface area (Å²) in [6.45, 7) is 9.65. The molecule has 0 spiro atoms. The summed E-state index contributed by atoms with van der Waals surface area (Å²) in [5, 5.41) is 0. The lowest BCUT2D eigenvalue weighted by Crippen LogP contribution is -2.22. The van der Waals surface area contributed by atoms with Gasteiger partial charge in [-0.3, -0.25) is 4.90 Å². The van der Waals surface area contributed by atoms with Gasteiger partial charge in [-0.25, -0.2) is 0 Å². The van der Waals surface area contributed by atoms with Crippen molar-refractivity contribution in [3.05, 3.63) is 29.3 Å². The lowest BCUT2D eigenvalue weighted by molar-refractivity contribution is 0.296. The van der Waals surface area contributed by atoms with Crippen LogP contribution in [-0.2, 0) is 6.54 Å². The van der Waals surface area contributed by atoms with Gasteiger partial charge in [-0.15, -0.1) is 0 Å². The Morgan fingerprint density at radius 2 is 1.86 bits per heavy atom. The van der Waals surface area contributed by atoms with Crippen molar-refractivity contribution in [1.29, 1.82) is 0 Å². The number of hydrogen-bond acceptors (Lipinski definition) is 2. The van der Waals surface area contributed by atoms with Crippen molar-refractivity contribution in [1.82, 2.24) is 4.90 Å². The van der Waals surface area contributed by atoms with E-state index in [0.29, 0.717) is 0 Å². The van der Waals surface area contributed by atoms with Gasteiger partial charge < -0.3 is 5.73 Å². The molecule has 2 heteroatoms. The molecule has 0 aromatic heterocycles. The molecule has 0 atom stereocenters. The van der Waals surface area contributed by atoms with Crippen LogP contribution in [0.2, 0.25) is 0 Å². The van der Waals surface area contributed by atoms with Crippen LogP contribution in [0.5, 0.6) is 0 Å². The zero-order valence-corrected chi connectivity index (χ0v) is 9.38. The summed E-state index contributed by atoms with van der Waals surface area (Å²) in [4.78, 5) is 2.39. The molecule has 0 aliphatic carbocycles. The van der Waals surface area contributed by atoms with Gasteiger partial charge in [-0.1, -0.05) is 26.0 Å². The van der Waals surface area contributed by atoms with E-state index in [1.165, 1.54) is 11.1 Å². The maximum Gasteiger partial charge on any atom is 0.0343 e. The van der Waals surface area contributed by atoms with E-state index in [-0.39, 0.29) is 0 Å². The molecule has 0 aliphatic rings. The Morgan fingerprint density at radius 1 is 1.21 bits per heavy atom. The third-order valence-electron chi connectivity index (χ3n) is 2.63. The highest BCUT2D eigenvalue weighted by Gasteiger charge is 2.01. The fourth-order valence-corrected chi connectivity index (χ4v) is 1.54. The summed E-state index contributed by atoms with van der Waals surface area (Å²) in [5.41, 5.74) is 9.18. The van der Waals surface area contributed by atoms with Crippen molar-refractivity contribution in [3.63, 3.8) is 0 Å². The molecule has 0 saturated carbocycles. The normalized spacial score (nSPS) is 10.9. The molecule has 1 aromatic rings. The maximum absolute atomic E-state index is 5.77. The molecule has 0 fully saturated rings. The average Bonchev–Trinajstić information content (AvgIpc) is 2.19. The molecular formula is C12H20N2. The zero-order valence-electron chi connectivity index (χ0n) is 9.38. The quantitative estimate of drug-likeness (QED) is 0.742. The second-order valence-electron chi connectivity index (χ2n) is 3.65. The average molecular weight is 192 g/mol. The predicted molar refractivity (Wildman–Crippen MR) is 62.2 cm³/mol. The molecule has 0 aliphatic heterocycles. The van der Waals surface area contributed by atoms with E-state index in [1.54, 1.807) is 0 Å². The Labute approximate surface area is 86.7 Å². The van der Waals surface area contributed by atoms with Crippen LogP contribution in [0, 0.1) is 6.92 Å². The van der Waals surface area contributed by atoms with E-state index in [2.05, 4.69) is 37.8 Å². The van der Waals surface area contributed by atoms with Crippen LogP contribution in [0.25, 0.3) is 0 Å². The lowest BCUT2D eigenvalue weighted by Gasteiger charge is -2.18. The van der Waals surface area contributed by atoms with Crippen molar-refractivity contribution in [2.45, 2.75) is 27.3 Å². The van der Waals surface area contributed by atoms with E-state index in [9.17, 15) is 0 Å². The highest BCUT2D eigenvalue weighted by Crippen LogP contribution is 2.14. The molecular weight excluding hydrogens is 172 g/mol. The molecule has 78 valence electrons. The second-order valence-corrected chi connectivity index (χ2v) is 3.65. The Morgan fingerprint density at radius 3 is 2.36 bits per heavy atom. The number of rotatable bonds is 4. The predicted octanol–water partition coefficient (Wildman–Crippen LogP) is 2.42. The first kappa shape index (κ1) is 11.1. The summed E-state index contributed by atoms with van der Waals surface area (Å²) in [6.07, 6.45) is 0. The summed E-state index contributed by atoms with van der Waals surface area (Å²) in [7, 11) is 0. The maximum atomic E-state index is 5.77. The van der Waals surface area contributed by atoms with Gasteiger partial charge in [0.2, 0.25) is 0 Å². The molecule has 0 heterocycles. The third kappa shape index (κ3) is 2.74. The number of benzene rings is 1. The number of hydrogen-bond donors (Lipinski definition) is 1. The van der Waals surface area contributed by atoms with Crippen molar-refractivity contribution in [2.75, 3.05) is 18.8 Å². The van der Waals surface area contributed by atoms with Gasteiger partial charge in [0.25, 0.3) is 0 Å². The lowest BCUT2D eigenvalue weighted by atomic mass is 10.1. The van der Waals surface area contributed by atoms with E-state index < -0.39 is 0 Å². The van der Waals surface area contributed by atoms with Crippen LogP contribution in [0.3, 0.4) is 0 Å². The Hall–Kier alpha value is -1.02. The zero-order chi connectivity index (χ0) is 10.6. The number of nitrogens with two attached hydrogens (primary N) is 1. The molecule has 0 unspecified atom stereocenters. The van der Waals surface area contributed by atoms with Crippen molar-refractivity contribution in [2.24, 2.45) is 0 Å². The molecule has 2 nitrogen and oxygen atoms in total. The minimum absolute atomic E-state index is 0.883. The molecule has 0 saturated heterocycles. The second kappa shape index (κ2) is 5.01. The van der Waals surface area contributed by atoms with E-state index in [1.807, 2.05) is 6.07 Å². The summed E-state index contributed by atoms with van der Waals surface area (Å²) < 4.78 is 0. The molecule has 0 bridgehead atoms. The van der Waals surface area contributed by atoms with Crippen LogP contribution < -0.4 is 5.73 Å². The van der Waals surface area contributed by atoms with Gasteiger partial charge in [0.05, 0.1) is 0 Å². The van der Waals surface area contributed by atoms with Crippen LogP contribution in [0.4, 0.5) is 5.69 Å². The summed E-state index contributed by atoms with van der Waals surface area (Å²) in [6, 6.07) is 6.28. The first-order valence-electron chi connectivity index (χ1n) is 5.24. The minimum atomic E-state index is 0.883. The van der Waals surface area contributed by atoms with Gasteiger partial charge in [-0.05, 0) is 37.2 Å². The molecule has 0 amide bonds. The van der Waals surface area contributed by atoms with Crippen LogP contribution in [-0.4, -0.2) is 18.0 Å². The highest BCUT2D eigenvalue weighted by atomic mass is 15.1. The molecule has 1 rings (SSSR count). The van der Waals surface area contributed by atoms with Gasteiger partial charge in [-0.2, -0.15) is 0 Å². The van der Waals surface area contributed by atoms with Crippen LogP contribution in [0.15, 0.2) is 18.2 Å². The van der Waals surface area contributed by atoms with Crippen molar-refractivity contribution < 1.29 is 0 Å². The summed E-state index contributed by atoms with van der Waals surface area (Å²) in [5.74, 6) is 0. The van der Waals surface area contributed by atoms with Gasteiger partial charge in [0.15, 0.2) is 0 Å². The topological polar surface area (TPSA) is 29.3 Å². The molecule has 2 N–H and O–H groups in total. The van der Waals surface area contributed by atoms with Gasteiger partial charge in [0, 0.05) is 12.2 Å². The Balaban J connectivity index is 2.72. The SMILES string of the molecule is CCN(CC)Cc1ccc(N)c(C)c1. The van der Waals surface area contributed by atoms with Crippen molar-refractivity contribution in [3.8, 4) is 0 Å². The van der Waals surface area contributed by atoms with E-state index >= 15 is 0 Å². The standard InChI is InChI=1S/C12H20N2/c1-4-14(5-2)9-11-6-7-12(13)10(3)8-11/h6-8H,4-5,9,13H2,1-3H3. The fraction of sp³-hybridized carbons (Fsp3) is 0.500. The molecule has 1 aromatic carbocycles. The Kier molecular flexibility index (Phi) is 3.96. The largest absolute Gasteiger partial charge is 0.399 e. The van der Waals surface area contributed by atoms with Crippen LogP contribution in [0.1, 0.15) is 25.0 Å². The van der Waals surface area contributed by atoms with Gasteiger partial charge >= 0.3 is 0 Å². The van der Waals surface area contributed by atoms with E-state index in [4.69, 9.17) is 5.73 Å². The third-order valence-corrected chi connectivity index (χ3v) is 2.63. The van der Waals surface area contributed by atoms with Crippen LogP contribution >= 0.6 is 0 Å². The number of anilines is 1. The smallest absolute Gasteiger partial charge is 0.0343 e. The fourth-order valence-electron chi connectivity index (χ4n) is 1.54. The summed E-state index contributed by atoms with van der Waals surface area (Å²) >= 11 is 0. The monoisotopic (exact) mass is 192 g/mol. The van der Waals surface area contributed by atoms with Crippen molar-refractivity contribution >= 4 is 5.69 Å². The molecule has 0 radical (unpaired) electrons. The van der Waals surface area contributed by atoms with E-state index in [0.717, 1.165) is 25.3 Å². The number of aryl methyl sites for hydroxylation is 1. The minimum Gasteiger partial charge on any atom is -0.399 e. The van der Waals surface area contributed by atoms with Gasteiger partial charge in [0.1, 0.15) is 0 Å². The first-order valence-corrected chi connectivity index (χ1v) is 5.24. The number of nitrogen functional groups attached to an aromatic ring is 1. The number of nitrogens with zero attached hydrogens (tertiary/aromatic N) is 1. The first-order chi connectivity index (χ1) is 6.67.